The van der Waals surface area contributed by atoms with Crippen LogP contribution in [0.5, 0.6) is 0 Å². The molecule has 2 bridgehead atoms. The summed E-state index contributed by atoms with van der Waals surface area (Å²) in [6, 6.07) is 7.79. The van der Waals surface area contributed by atoms with Crippen LogP contribution in [-0.2, 0) is 16.1 Å². The number of hydrogen-bond acceptors (Lipinski definition) is 5. The molecule has 0 spiro atoms. The Balaban J connectivity index is 1.35. The number of nitrogens with zero attached hydrogens (tertiary/aromatic N) is 3. The van der Waals surface area contributed by atoms with Gasteiger partial charge in [-0.2, -0.15) is 13.8 Å². The SMILES string of the molecule is CC1(O)CC(C(=O)N(CC23CCC(c4noc(C(C)(F)F)n4)(CC2)CC3)c2cccc(Br)c2)C1. The van der Waals surface area contributed by atoms with Gasteiger partial charge in [0, 0.05) is 35.0 Å². The molecule has 1 heterocycles. The smallest absolute Gasteiger partial charge is 0.322 e. The number of fused-ring (bicyclic) bond motifs is 3. The van der Waals surface area contributed by atoms with Gasteiger partial charge in [0.25, 0.3) is 5.89 Å². The molecule has 4 fully saturated rings. The third-order valence-electron chi connectivity index (χ3n) is 8.28. The molecule has 34 heavy (non-hydrogen) atoms. The van der Waals surface area contributed by atoms with Crippen molar-refractivity contribution in [1.29, 1.82) is 0 Å². The molecule has 4 saturated carbocycles. The van der Waals surface area contributed by atoms with E-state index in [1.165, 1.54) is 0 Å². The van der Waals surface area contributed by atoms with Crippen LogP contribution in [0.3, 0.4) is 0 Å². The van der Waals surface area contributed by atoms with E-state index in [2.05, 4.69) is 26.1 Å². The van der Waals surface area contributed by atoms with E-state index in [4.69, 9.17) is 4.52 Å². The number of halogens is 3. The van der Waals surface area contributed by atoms with Crippen LogP contribution in [0.1, 0.15) is 76.9 Å². The Kier molecular flexibility index (Phi) is 5.67. The van der Waals surface area contributed by atoms with Gasteiger partial charge in [-0.1, -0.05) is 27.2 Å². The molecule has 1 N–H and O–H groups in total. The van der Waals surface area contributed by atoms with Crippen LogP contribution in [0, 0.1) is 11.3 Å². The molecule has 184 valence electrons. The monoisotopic (exact) mass is 537 g/mol. The summed E-state index contributed by atoms with van der Waals surface area (Å²) >= 11 is 3.52. The van der Waals surface area contributed by atoms with E-state index < -0.39 is 17.4 Å². The molecule has 4 aliphatic rings. The van der Waals surface area contributed by atoms with E-state index in [0.29, 0.717) is 25.2 Å². The summed E-state index contributed by atoms with van der Waals surface area (Å²) in [4.78, 5) is 19.5. The van der Waals surface area contributed by atoms with Crippen molar-refractivity contribution in [2.24, 2.45) is 11.3 Å². The molecule has 6 nitrogen and oxygen atoms in total. The van der Waals surface area contributed by atoms with Crippen LogP contribution >= 0.6 is 15.9 Å². The van der Waals surface area contributed by atoms with Crippen LogP contribution in [0.25, 0.3) is 0 Å². The zero-order chi connectivity index (χ0) is 24.4. The van der Waals surface area contributed by atoms with Crippen LogP contribution < -0.4 is 4.90 Å². The predicted molar refractivity (Wildman–Crippen MR) is 126 cm³/mol. The fourth-order valence-electron chi connectivity index (χ4n) is 6.13. The first-order valence-corrected chi connectivity index (χ1v) is 12.7. The lowest BCUT2D eigenvalue weighted by atomic mass is 9.53. The highest BCUT2D eigenvalue weighted by Gasteiger charge is 2.53. The van der Waals surface area contributed by atoms with Gasteiger partial charge >= 0.3 is 5.92 Å². The fourth-order valence-corrected chi connectivity index (χ4v) is 6.51. The molecular weight excluding hydrogens is 508 g/mol. The molecule has 0 aliphatic heterocycles. The topological polar surface area (TPSA) is 79.5 Å². The lowest BCUT2D eigenvalue weighted by Crippen LogP contribution is -2.54. The average Bonchev–Trinajstić information content (AvgIpc) is 3.29. The Bertz CT molecular complexity index is 1060. The number of rotatable bonds is 6. The highest BCUT2D eigenvalue weighted by Crippen LogP contribution is 2.58. The van der Waals surface area contributed by atoms with E-state index in [-0.39, 0.29) is 22.7 Å². The van der Waals surface area contributed by atoms with Crippen molar-refractivity contribution >= 4 is 27.5 Å². The second-order valence-electron chi connectivity index (χ2n) is 11.1. The zero-order valence-electron chi connectivity index (χ0n) is 19.5. The van der Waals surface area contributed by atoms with E-state index in [0.717, 1.165) is 55.6 Å². The molecular formula is C25H30BrF2N3O3. The molecule has 1 aromatic carbocycles. The molecule has 6 rings (SSSR count). The minimum absolute atomic E-state index is 0.0345. The number of carbonyl (C=O) groups is 1. The summed E-state index contributed by atoms with van der Waals surface area (Å²) in [5.41, 5.74) is -0.273. The summed E-state index contributed by atoms with van der Waals surface area (Å²) in [5, 5.41) is 14.1. The Morgan fingerprint density at radius 3 is 2.41 bits per heavy atom. The molecule has 0 radical (unpaired) electrons. The number of amides is 1. The van der Waals surface area contributed by atoms with Crippen molar-refractivity contribution in [2.45, 2.75) is 82.2 Å². The number of hydrogen-bond donors (Lipinski definition) is 1. The first kappa shape index (κ1) is 23.9. The minimum Gasteiger partial charge on any atom is -0.390 e. The van der Waals surface area contributed by atoms with Crippen molar-refractivity contribution in [2.75, 3.05) is 11.4 Å². The number of benzene rings is 1. The minimum atomic E-state index is -3.15. The van der Waals surface area contributed by atoms with Gasteiger partial charge in [-0.05, 0) is 81.9 Å². The second kappa shape index (κ2) is 8.08. The lowest BCUT2D eigenvalue weighted by Gasteiger charge is -2.54. The van der Waals surface area contributed by atoms with Crippen LogP contribution in [0.2, 0.25) is 0 Å². The van der Waals surface area contributed by atoms with E-state index >= 15 is 0 Å². The Morgan fingerprint density at radius 1 is 1.24 bits per heavy atom. The molecule has 0 atom stereocenters. The summed E-state index contributed by atoms with van der Waals surface area (Å²) in [6.45, 7) is 3.16. The summed E-state index contributed by atoms with van der Waals surface area (Å²) in [7, 11) is 0. The third kappa shape index (κ3) is 4.30. The van der Waals surface area contributed by atoms with Crippen molar-refractivity contribution in [3.8, 4) is 0 Å². The van der Waals surface area contributed by atoms with Crippen molar-refractivity contribution < 1.29 is 23.2 Å². The van der Waals surface area contributed by atoms with Gasteiger partial charge in [0.2, 0.25) is 5.91 Å². The summed E-state index contributed by atoms with van der Waals surface area (Å²) in [6.07, 6.45) is 5.96. The van der Waals surface area contributed by atoms with Crippen LogP contribution in [0.15, 0.2) is 33.3 Å². The van der Waals surface area contributed by atoms with Crippen LogP contribution in [-0.4, -0.2) is 33.3 Å². The molecule has 9 heteroatoms. The van der Waals surface area contributed by atoms with E-state index in [9.17, 15) is 18.7 Å². The van der Waals surface area contributed by atoms with Gasteiger partial charge in [-0.15, -0.1) is 0 Å². The number of anilines is 1. The second-order valence-corrected chi connectivity index (χ2v) is 12.0. The fraction of sp³-hybridized carbons (Fsp3) is 0.640. The molecule has 2 aromatic rings. The van der Waals surface area contributed by atoms with Crippen molar-refractivity contribution in [3.63, 3.8) is 0 Å². The normalized spacial score (nSPS) is 32.9. The van der Waals surface area contributed by atoms with Crippen LogP contribution in [0.4, 0.5) is 14.5 Å². The molecule has 0 unspecified atom stereocenters. The summed E-state index contributed by atoms with van der Waals surface area (Å²) in [5.74, 6) is -3.48. The lowest BCUT2D eigenvalue weighted by molar-refractivity contribution is -0.137. The van der Waals surface area contributed by atoms with Gasteiger partial charge in [-0.3, -0.25) is 4.79 Å². The zero-order valence-corrected chi connectivity index (χ0v) is 21.1. The van der Waals surface area contributed by atoms with Gasteiger partial charge in [0.15, 0.2) is 5.82 Å². The standard InChI is InChI=1S/C25H30BrF2N3O3/c1-22(33)13-16(14-22)19(32)31(18-5-3-4-17(26)12-18)15-24-6-9-25(10-7-24,11-8-24)20-29-21(34-30-20)23(2,27)28/h3-5,12,16,33H,6-11,13-15H2,1-2H3. The molecule has 0 saturated heterocycles. The highest BCUT2D eigenvalue weighted by molar-refractivity contribution is 9.10. The Labute approximate surface area is 206 Å². The quantitative estimate of drug-likeness (QED) is 0.508. The Morgan fingerprint density at radius 2 is 1.88 bits per heavy atom. The summed E-state index contributed by atoms with van der Waals surface area (Å²) < 4.78 is 33.1. The largest absolute Gasteiger partial charge is 0.390 e. The van der Waals surface area contributed by atoms with E-state index in [1.54, 1.807) is 6.92 Å². The molecule has 1 aromatic heterocycles. The van der Waals surface area contributed by atoms with Gasteiger partial charge in [-0.25, -0.2) is 0 Å². The maximum Gasteiger partial charge on any atom is 0.322 e. The molecule has 4 aliphatic carbocycles. The first-order chi connectivity index (χ1) is 15.9. The third-order valence-corrected chi connectivity index (χ3v) is 8.77. The van der Waals surface area contributed by atoms with Gasteiger partial charge in [0.1, 0.15) is 0 Å². The Hall–Kier alpha value is -1.87. The maximum absolute atomic E-state index is 13.6. The maximum atomic E-state index is 13.6. The van der Waals surface area contributed by atoms with Crippen molar-refractivity contribution in [1.82, 2.24) is 10.1 Å². The highest BCUT2D eigenvalue weighted by atomic mass is 79.9. The average molecular weight is 538 g/mol. The van der Waals surface area contributed by atoms with Gasteiger partial charge < -0.3 is 14.5 Å². The number of aliphatic hydroxyl groups is 1. The van der Waals surface area contributed by atoms with Gasteiger partial charge in [0.05, 0.1) is 5.60 Å². The predicted octanol–water partition coefficient (Wildman–Crippen LogP) is 5.73. The number of aromatic nitrogens is 2. The number of alkyl halides is 2. The first-order valence-electron chi connectivity index (χ1n) is 11.9. The number of carbonyl (C=O) groups excluding carboxylic acids is 1. The van der Waals surface area contributed by atoms with Crippen molar-refractivity contribution in [3.05, 3.63) is 40.5 Å². The van der Waals surface area contributed by atoms with E-state index in [1.807, 2.05) is 29.2 Å². The molecule has 1 amide bonds.